The van der Waals surface area contributed by atoms with Crippen LogP contribution in [-0.2, 0) is 14.6 Å². The first-order valence-corrected chi connectivity index (χ1v) is 13.5. The Hall–Kier alpha value is -0.130. The normalized spacial score (nSPS) is 13.1. The lowest BCUT2D eigenvalue weighted by atomic mass is 9.94. The number of unbranched alkanes of at least 4 members (excludes halogenated alkanes) is 15. The van der Waals surface area contributed by atoms with E-state index in [0.717, 1.165) is 25.7 Å². The highest BCUT2D eigenvalue weighted by atomic mass is 32.3. The molecule has 4 nitrogen and oxygen atoms in total. The lowest BCUT2D eigenvalue weighted by Crippen LogP contribution is -2.14. The first-order chi connectivity index (χ1) is 13.5. The predicted octanol–water partition coefficient (Wildman–Crippen LogP) is 7.87. The van der Waals surface area contributed by atoms with Gasteiger partial charge in [0.25, 0.3) is 0 Å². The molecular formula is C23H48O4S. The molecule has 0 aromatic heterocycles. The Balaban J connectivity index is 3.80. The zero-order valence-corrected chi connectivity index (χ0v) is 19.6. The largest absolute Gasteiger partial charge is 0.397 e. The molecule has 0 fully saturated rings. The molecule has 0 amide bonds. The van der Waals surface area contributed by atoms with Crippen LogP contribution < -0.4 is 0 Å². The Morgan fingerprint density at radius 1 is 0.607 bits per heavy atom. The van der Waals surface area contributed by atoms with Crippen LogP contribution in [0.4, 0.5) is 0 Å². The molecule has 0 aliphatic carbocycles. The van der Waals surface area contributed by atoms with Gasteiger partial charge in [0, 0.05) is 0 Å². The molecule has 0 bridgehead atoms. The van der Waals surface area contributed by atoms with Crippen molar-refractivity contribution in [1.29, 1.82) is 0 Å². The summed E-state index contributed by atoms with van der Waals surface area (Å²) >= 11 is 0. The molecule has 0 aromatic rings. The van der Waals surface area contributed by atoms with Crippen LogP contribution in [-0.4, -0.2) is 19.6 Å². The van der Waals surface area contributed by atoms with Crippen LogP contribution in [0.1, 0.15) is 136 Å². The van der Waals surface area contributed by atoms with E-state index in [2.05, 4.69) is 18.0 Å². The molecular weight excluding hydrogens is 372 g/mol. The molecule has 1 unspecified atom stereocenters. The first-order valence-electron chi connectivity index (χ1n) is 12.1. The van der Waals surface area contributed by atoms with Crippen molar-refractivity contribution >= 4 is 10.4 Å². The van der Waals surface area contributed by atoms with Gasteiger partial charge in [0.1, 0.15) is 0 Å². The summed E-state index contributed by atoms with van der Waals surface area (Å²) in [6.45, 7) is 4.61. The summed E-state index contributed by atoms with van der Waals surface area (Å²) in [5, 5.41) is 0. The first kappa shape index (κ1) is 27.9. The Kier molecular flexibility index (Phi) is 20.1. The fourth-order valence-electron chi connectivity index (χ4n) is 3.80. The molecule has 0 saturated heterocycles. The molecule has 0 aromatic carbocycles. The molecule has 0 rings (SSSR count). The van der Waals surface area contributed by atoms with Crippen LogP contribution in [0.15, 0.2) is 0 Å². The van der Waals surface area contributed by atoms with Gasteiger partial charge in [-0.3, -0.25) is 4.55 Å². The van der Waals surface area contributed by atoms with Gasteiger partial charge >= 0.3 is 10.4 Å². The standard InChI is InChI=1S/C23H48O4S/c1-3-5-7-9-11-12-13-15-17-19-21-23(22-27-28(24,25)26)20-18-16-14-10-8-6-4-2/h23H,3-22H2,1-2H3,(H,24,25,26). The van der Waals surface area contributed by atoms with E-state index in [1.807, 2.05) is 0 Å². The van der Waals surface area contributed by atoms with E-state index in [0.29, 0.717) is 0 Å². The van der Waals surface area contributed by atoms with Gasteiger partial charge in [-0.25, -0.2) is 4.18 Å². The summed E-state index contributed by atoms with van der Waals surface area (Å²) in [6.07, 6.45) is 23.9. The van der Waals surface area contributed by atoms with Crippen molar-refractivity contribution in [2.75, 3.05) is 6.61 Å². The molecule has 170 valence electrons. The number of hydrogen-bond donors (Lipinski definition) is 1. The molecule has 0 saturated carbocycles. The van der Waals surface area contributed by atoms with Crippen molar-refractivity contribution in [2.45, 2.75) is 136 Å². The summed E-state index contributed by atoms with van der Waals surface area (Å²) in [5.41, 5.74) is 0. The number of rotatable bonds is 22. The summed E-state index contributed by atoms with van der Waals surface area (Å²) < 4.78 is 35.3. The van der Waals surface area contributed by atoms with Crippen molar-refractivity contribution in [3.05, 3.63) is 0 Å². The van der Waals surface area contributed by atoms with Gasteiger partial charge in [-0.2, -0.15) is 8.42 Å². The van der Waals surface area contributed by atoms with Gasteiger partial charge in [-0.1, -0.05) is 123 Å². The fraction of sp³-hybridized carbons (Fsp3) is 1.00. The summed E-state index contributed by atoms with van der Waals surface area (Å²) in [7, 11) is -4.32. The van der Waals surface area contributed by atoms with E-state index in [1.165, 1.54) is 96.3 Å². The average Bonchev–Trinajstić information content (AvgIpc) is 2.65. The fourth-order valence-corrected chi connectivity index (χ4v) is 4.17. The molecule has 0 heterocycles. The van der Waals surface area contributed by atoms with Crippen LogP contribution >= 0.6 is 0 Å². The second kappa shape index (κ2) is 20.2. The van der Waals surface area contributed by atoms with Crippen molar-refractivity contribution in [1.82, 2.24) is 0 Å². The quantitative estimate of drug-likeness (QED) is 0.143. The SMILES string of the molecule is CCCCCCCCCCCCC(CCCCCCCCC)COS(=O)(=O)O. The van der Waals surface area contributed by atoms with Crippen molar-refractivity contribution in [3.63, 3.8) is 0 Å². The highest BCUT2D eigenvalue weighted by Crippen LogP contribution is 2.20. The van der Waals surface area contributed by atoms with Crippen LogP contribution in [0.25, 0.3) is 0 Å². The Morgan fingerprint density at radius 3 is 1.25 bits per heavy atom. The van der Waals surface area contributed by atoms with Gasteiger partial charge in [0.2, 0.25) is 0 Å². The lowest BCUT2D eigenvalue weighted by Gasteiger charge is -2.16. The predicted molar refractivity (Wildman–Crippen MR) is 120 cm³/mol. The average molecular weight is 421 g/mol. The van der Waals surface area contributed by atoms with Gasteiger partial charge in [-0.05, 0) is 18.8 Å². The molecule has 28 heavy (non-hydrogen) atoms. The second-order valence-electron chi connectivity index (χ2n) is 8.46. The minimum atomic E-state index is -4.32. The van der Waals surface area contributed by atoms with E-state index in [1.54, 1.807) is 0 Å². The van der Waals surface area contributed by atoms with E-state index >= 15 is 0 Å². The van der Waals surface area contributed by atoms with E-state index in [9.17, 15) is 8.42 Å². The number of hydrogen-bond acceptors (Lipinski definition) is 3. The minimum Gasteiger partial charge on any atom is -0.264 e. The maximum Gasteiger partial charge on any atom is 0.397 e. The van der Waals surface area contributed by atoms with Gasteiger partial charge < -0.3 is 0 Å². The van der Waals surface area contributed by atoms with Crippen LogP contribution in [0, 0.1) is 5.92 Å². The lowest BCUT2D eigenvalue weighted by molar-refractivity contribution is 0.204. The second-order valence-corrected chi connectivity index (χ2v) is 9.55. The highest BCUT2D eigenvalue weighted by molar-refractivity contribution is 7.80. The van der Waals surface area contributed by atoms with Crippen molar-refractivity contribution in [3.8, 4) is 0 Å². The van der Waals surface area contributed by atoms with Crippen molar-refractivity contribution < 1.29 is 17.2 Å². The topological polar surface area (TPSA) is 63.6 Å². The summed E-state index contributed by atoms with van der Waals surface area (Å²) in [6, 6.07) is 0. The minimum absolute atomic E-state index is 0.131. The third kappa shape index (κ3) is 22.2. The summed E-state index contributed by atoms with van der Waals surface area (Å²) in [4.78, 5) is 0. The maximum absolute atomic E-state index is 10.9. The summed E-state index contributed by atoms with van der Waals surface area (Å²) in [5.74, 6) is 0.242. The van der Waals surface area contributed by atoms with Crippen LogP contribution in [0.5, 0.6) is 0 Å². The molecule has 0 aliphatic rings. The van der Waals surface area contributed by atoms with Gasteiger partial charge in [-0.15, -0.1) is 0 Å². The molecule has 0 radical (unpaired) electrons. The molecule has 5 heteroatoms. The smallest absolute Gasteiger partial charge is 0.264 e. The van der Waals surface area contributed by atoms with Crippen LogP contribution in [0.3, 0.4) is 0 Å². The Morgan fingerprint density at radius 2 is 0.929 bits per heavy atom. The highest BCUT2D eigenvalue weighted by Gasteiger charge is 2.13. The molecule has 1 atom stereocenters. The Labute approximate surface area is 176 Å². The van der Waals surface area contributed by atoms with Crippen molar-refractivity contribution in [2.24, 2.45) is 5.92 Å². The third-order valence-electron chi connectivity index (χ3n) is 5.63. The maximum atomic E-state index is 10.9. The van der Waals surface area contributed by atoms with Gasteiger partial charge in [0.15, 0.2) is 0 Å². The molecule has 1 N–H and O–H groups in total. The third-order valence-corrected chi connectivity index (χ3v) is 6.07. The Bertz CT molecular complexity index is 409. The monoisotopic (exact) mass is 420 g/mol. The van der Waals surface area contributed by atoms with E-state index in [4.69, 9.17) is 4.55 Å². The van der Waals surface area contributed by atoms with E-state index < -0.39 is 10.4 Å². The zero-order chi connectivity index (χ0) is 20.9. The zero-order valence-electron chi connectivity index (χ0n) is 18.8. The van der Waals surface area contributed by atoms with Crippen LogP contribution in [0.2, 0.25) is 0 Å². The van der Waals surface area contributed by atoms with E-state index in [-0.39, 0.29) is 12.5 Å². The van der Waals surface area contributed by atoms with Gasteiger partial charge in [0.05, 0.1) is 6.61 Å². The molecule has 0 spiro atoms. The molecule has 0 aliphatic heterocycles.